The molecule has 0 radical (unpaired) electrons. The average molecular weight is 429 g/mol. The molecule has 1 saturated heterocycles. The minimum Gasteiger partial charge on any atom is -0.367 e. The van der Waals surface area contributed by atoms with Gasteiger partial charge in [0.05, 0.1) is 11.4 Å². The minimum absolute atomic E-state index is 0.274. The number of nitrogens with zero attached hydrogens (tertiary/aromatic N) is 3. The van der Waals surface area contributed by atoms with Gasteiger partial charge in [-0.3, -0.25) is 4.79 Å². The third-order valence-corrected chi connectivity index (χ3v) is 5.82. The van der Waals surface area contributed by atoms with Crippen LogP contribution >= 0.6 is 23.2 Å². The maximum atomic E-state index is 13.0. The van der Waals surface area contributed by atoms with Crippen LogP contribution in [0.3, 0.4) is 0 Å². The van der Waals surface area contributed by atoms with Gasteiger partial charge >= 0.3 is 0 Å². The Bertz CT molecular complexity index is 1050. The number of aromatic nitrogens is 1. The van der Waals surface area contributed by atoms with E-state index in [4.69, 9.17) is 23.2 Å². The van der Waals surface area contributed by atoms with Crippen LogP contribution in [-0.2, 0) is 0 Å². The monoisotopic (exact) mass is 428 g/mol. The molecular formula is C22H22Cl2N4O. The molecule has 1 amide bonds. The summed E-state index contributed by atoms with van der Waals surface area (Å²) in [5.74, 6) is -0.312. The zero-order valence-electron chi connectivity index (χ0n) is 16.2. The van der Waals surface area contributed by atoms with Crippen molar-refractivity contribution in [1.29, 1.82) is 0 Å². The lowest BCUT2D eigenvalue weighted by atomic mass is 10.1. The summed E-state index contributed by atoms with van der Waals surface area (Å²) in [6.07, 6.45) is 0. The van der Waals surface area contributed by atoms with Crippen LogP contribution in [0, 0.1) is 0 Å². The van der Waals surface area contributed by atoms with E-state index in [0.29, 0.717) is 15.9 Å². The molecule has 1 aromatic heterocycles. The van der Waals surface area contributed by atoms with Crippen LogP contribution in [0.15, 0.2) is 48.5 Å². The van der Waals surface area contributed by atoms with E-state index in [2.05, 4.69) is 27.0 Å². The highest BCUT2D eigenvalue weighted by molar-refractivity contribution is 6.34. The van der Waals surface area contributed by atoms with Crippen LogP contribution in [0.4, 0.5) is 11.4 Å². The number of rotatable bonds is 4. The van der Waals surface area contributed by atoms with Crippen molar-refractivity contribution in [2.45, 2.75) is 6.92 Å². The standard InChI is InChI=1S/C22H22Cl2N4O/c1-2-27-9-11-28(12-10-27)20-8-7-16(23)14-18(20)26-22(29)19-13-15-5-3-4-6-17(15)21(24)25-19/h3-8,13-14H,2,9-12H2,1H3,(H,26,29). The van der Waals surface area contributed by atoms with Crippen LogP contribution in [-0.4, -0.2) is 48.5 Å². The van der Waals surface area contributed by atoms with E-state index in [1.165, 1.54) is 0 Å². The first-order chi connectivity index (χ1) is 14.0. The minimum atomic E-state index is -0.312. The predicted octanol–water partition coefficient (Wildman–Crippen LogP) is 4.94. The largest absolute Gasteiger partial charge is 0.367 e. The van der Waals surface area contributed by atoms with Crippen molar-refractivity contribution in [3.63, 3.8) is 0 Å². The lowest BCUT2D eigenvalue weighted by Gasteiger charge is -2.36. The number of fused-ring (bicyclic) bond motifs is 1. The van der Waals surface area contributed by atoms with Gasteiger partial charge in [-0.25, -0.2) is 4.98 Å². The van der Waals surface area contributed by atoms with Crippen LogP contribution in [0.25, 0.3) is 10.8 Å². The number of nitrogens with one attached hydrogen (secondary N) is 1. The summed E-state index contributed by atoms with van der Waals surface area (Å²) in [6, 6.07) is 14.9. The number of anilines is 2. The molecule has 0 bridgehead atoms. The van der Waals surface area contributed by atoms with E-state index in [0.717, 1.165) is 49.2 Å². The van der Waals surface area contributed by atoms with Gasteiger partial charge < -0.3 is 15.1 Å². The van der Waals surface area contributed by atoms with Gasteiger partial charge in [0.1, 0.15) is 10.8 Å². The summed E-state index contributed by atoms with van der Waals surface area (Å²) >= 11 is 12.5. The molecule has 0 atom stereocenters. The van der Waals surface area contributed by atoms with Crippen molar-refractivity contribution < 1.29 is 4.79 Å². The van der Waals surface area contributed by atoms with Crippen molar-refractivity contribution in [1.82, 2.24) is 9.88 Å². The van der Waals surface area contributed by atoms with E-state index in [1.807, 2.05) is 36.4 Å². The lowest BCUT2D eigenvalue weighted by Crippen LogP contribution is -2.46. The van der Waals surface area contributed by atoms with Gasteiger partial charge in [0.15, 0.2) is 0 Å². The normalized spacial score (nSPS) is 14.9. The van der Waals surface area contributed by atoms with E-state index >= 15 is 0 Å². The summed E-state index contributed by atoms with van der Waals surface area (Å²) in [5.41, 5.74) is 1.92. The number of piperazine rings is 1. The van der Waals surface area contributed by atoms with Gasteiger partial charge in [0.25, 0.3) is 5.91 Å². The summed E-state index contributed by atoms with van der Waals surface area (Å²) in [7, 11) is 0. The highest BCUT2D eigenvalue weighted by atomic mass is 35.5. The van der Waals surface area contributed by atoms with Gasteiger partial charge in [-0.2, -0.15) is 0 Å². The maximum absolute atomic E-state index is 13.0. The second-order valence-electron chi connectivity index (χ2n) is 7.06. The lowest BCUT2D eigenvalue weighted by molar-refractivity contribution is 0.102. The molecular weight excluding hydrogens is 407 g/mol. The molecule has 1 fully saturated rings. The summed E-state index contributed by atoms with van der Waals surface area (Å²) in [6.45, 7) is 7.01. The molecule has 0 saturated carbocycles. The van der Waals surface area contributed by atoms with Gasteiger partial charge in [-0.1, -0.05) is 54.4 Å². The number of halogens is 2. The molecule has 0 unspecified atom stereocenters. The number of benzene rings is 2. The zero-order chi connectivity index (χ0) is 20.4. The molecule has 1 aliphatic rings. The highest BCUT2D eigenvalue weighted by Gasteiger charge is 2.20. The van der Waals surface area contributed by atoms with E-state index in [1.54, 1.807) is 12.1 Å². The first kappa shape index (κ1) is 20.0. The first-order valence-corrected chi connectivity index (χ1v) is 10.4. The number of carbonyl (C=O) groups is 1. The molecule has 29 heavy (non-hydrogen) atoms. The Labute approximate surface area is 180 Å². The average Bonchev–Trinajstić information content (AvgIpc) is 2.74. The van der Waals surface area contributed by atoms with E-state index < -0.39 is 0 Å². The van der Waals surface area contributed by atoms with Crippen molar-refractivity contribution in [3.8, 4) is 0 Å². The van der Waals surface area contributed by atoms with E-state index in [-0.39, 0.29) is 11.6 Å². The van der Waals surface area contributed by atoms with Gasteiger partial charge in [-0.15, -0.1) is 0 Å². The summed E-state index contributed by atoms with van der Waals surface area (Å²) in [5, 5.41) is 5.56. The van der Waals surface area contributed by atoms with Crippen molar-refractivity contribution in [2.24, 2.45) is 0 Å². The molecule has 150 valence electrons. The number of pyridine rings is 1. The van der Waals surface area contributed by atoms with E-state index in [9.17, 15) is 4.79 Å². The summed E-state index contributed by atoms with van der Waals surface area (Å²) in [4.78, 5) is 21.9. The van der Waals surface area contributed by atoms with Crippen LogP contribution in [0.5, 0.6) is 0 Å². The number of hydrogen-bond donors (Lipinski definition) is 1. The fraction of sp³-hybridized carbons (Fsp3) is 0.273. The molecule has 5 nitrogen and oxygen atoms in total. The summed E-state index contributed by atoms with van der Waals surface area (Å²) < 4.78 is 0. The van der Waals surface area contributed by atoms with Crippen LogP contribution in [0.1, 0.15) is 17.4 Å². The highest BCUT2D eigenvalue weighted by Crippen LogP contribution is 2.31. The third kappa shape index (κ3) is 4.32. The van der Waals surface area contributed by atoms with Crippen molar-refractivity contribution in [2.75, 3.05) is 42.9 Å². The fourth-order valence-electron chi connectivity index (χ4n) is 3.65. The number of hydrogen-bond acceptors (Lipinski definition) is 4. The molecule has 7 heteroatoms. The van der Waals surface area contributed by atoms with Gasteiger partial charge in [0, 0.05) is 36.6 Å². The molecule has 2 aromatic carbocycles. The zero-order valence-corrected chi connectivity index (χ0v) is 17.7. The topological polar surface area (TPSA) is 48.5 Å². The Balaban J connectivity index is 1.61. The Morgan fingerprint density at radius 2 is 1.83 bits per heavy atom. The first-order valence-electron chi connectivity index (χ1n) is 9.68. The van der Waals surface area contributed by atoms with Gasteiger partial charge in [-0.05, 0) is 36.2 Å². The Morgan fingerprint density at radius 1 is 1.07 bits per heavy atom. The van der Waals surface area contributed by atoms with Crippen molar-refractivity contribution in [3.05, 3.63) is 64.4 Å². The fourth-order valence-corrected chi connectivity index (χ4v) is 4.08. The van der Waals surface area contributed by atoms with Crippen LogP contribution in [0.2, 0.25) is 10.2 Å². The molecule has 0 aliphatic carbocycles. The quantitative estimate of drug-likeness (QED) is 0.598. The molecule has 0 spiro atoms. The molecule has 3 aromatic rings. The molecule has 1 aliphatic heterocycles. The number of amides is 1. The molecule has 1 N–H and O–H groups in total. The maximum Gasteiger partial charge on any atom is 0.274 e. The predicted molar refractivity (Wildman–Crippen MR) is 120 cm³/mol. The Morgan fingerprint density at radius 3 is 2.59 bits per heavy atom. The molecule has 4 rings (SSSR count). The Kier molecular flexibility index (Phi) is 5.90. The van der Waals surface area contributed by atoms with Crippen LogP contribution < -0.4 is 10.2 Å². The second-order valence-corrected chi connectivity index (χ2v) is 7.85. The third-order valence-electron chi connectivity index (χ3n) is 5.29. The smallest absolute Gasteiger partial charge is 0.274 e. The Hall–Kier alpha value is -2.34. The van der Waals surface area contributed by atoms with Gasteiger partial charge in [0.2, 0.25) is 0 Å². The molecule has 2 heterocycles. The SMILES string of the molecule is CCN1CCN(c2ccc(Cl)cc2NC(=O)c2cc3ccccc3c(Cl)n2)CC1. The number of likely N-dealkylation sites (N-methyl/N-ethyl adjacent to an activating group) is 1. The van der Waals surface area contributed by atoms with Crippen molar-refractivity contribution >= 4 is 51.3 Å². The number of carbonyl (C=O) groups excluding carboxylic acids is 1. The second kappa shape index (κ2) is 8.57.